The molecule has 0 bridgehead atoms. The van der Waals surface area contributed by atoms with E-state index in [1.165, 1.54) is 17.6 Å². The lowest BCUT2D eigenvalue weighted by Crippen LogP contribution is -2.36. The van der Waals surface area contributed by atoms with Gasteiger partial charge < -0.3 is 29.5 Å². The Kier molecular flexibility index (Phi) is 8.90. The van der Waals surface area contributed by atoms with Gasteiger partial charge in [-0.2, -0.15) is 4.98 Å². The van der Waals surface area contributed by atoms with Crippen molar-refractivity contribution in [3.05, 3.63) is 33.7 Å². The Morgan fingerprint density at radius 2 is 2.09 bits per heavy atom. The highest BCUT2D eigenvalue weighted by Crippen LogP contribution is 2.40. The summed E-state index contributed by atoms with van der Waals surface area (Å²) in [6.07, 6.45) is -0.0225. The number of thiophene rings is 1. The van der Waals surface area contributed by atoms with Crippen LogP contribution in [-0.2, 0) is 11.2 Å². The van der Waals surface area contributed by atoms with Crippen LogP contribution < -0.4 is 14.8 Å². The maximum Gasteiger partial charge on any atom is 0.268 e. The van der Waals surface area contributed by atoms with E-state index in [4.69, 9.17) is 30.7 Å². The lowest BCUT2D eigenvalue weighted by Gasteiger charge is -2.16. The predicted octanol–water partition coefficient (Wildman–Crippen LogP) is 3.48. The first-order chi connectivity index (χ1) is 16.2. The molecule has 0 saturated heterocycles. The molecule has 0 fully saturated rings. The summed E-state index contributed by atoms with van der Waals surface area (Å²) in [6, 6.07) is 5.38. The zero-order chi connectivity index (χ0) is 24.8. The van der Waals surface area contributed by atoms with Crippen molar-refractivity contribution in [3.63, 3.8) is 0 Å². The number of amides is 1. The first kappa shape index (κ1) is 26.0. The van der Waals surface area contributed by atoms with Gasteiger partial charge in [0.05, 0.1) is 17.0 Å². The van der Waals surface area contributed by atoms with Gasteiger partial charge in [-0.1, -0.05) is 30.6 Å². The van der Waals surface area contributed by atoms with E-state index in [0.717, 1.165) is 11.3 Å². The van der Waals surface area contributed by atoms with E-state index < -0.39 is 18.6 Å². The summed E-state index contributed by atoms with van der Waals surface area (Å²) < 4.78 is 16.5. The van der Waals surface area contributed by atoms with E-state index in [9.17, 15) is 9.90 Å². The van der Waals surface area contributed by atoms with Crippen molar-refractivity contribution in [1.29, 1.82) is 0 Å². The summed E-state index contributed by atoms with van der Waals surface area (Å²) in [6.45, 7) is 5.57. The number of carbonyl (C=O) groups is 1. The number of ether oxygens (including phenoxy) is 2. The molecule has 2 heterocycles. The summed E-state index contributed by atoms with van der Waals surface area (Å²) >= 11 is 8.04. The number of hydrogen-bond acceptors (Lipinski definition) is 9. The van der Waals surface area contributed by atoms with Gasteiger partial charge in [-0.15, -0.1) is 11.3 Å². The second-order valence-corrected chi connectivity index (χ2v) is 9.79. The fourth-order valence-electron chi connectivity index (χ4n) is 3.22. The van der Waals surface area contributed by atoms with Gasteiger partial charge >= 0.3 is 0 Å². The van der Waals surface area contributed by atoms with Crippen molar-refractivity contribution < 1.29 is 29.0 Å². The van der Waals surface area contributed by atoms with E-state index >= 15 is 0 Å². The number of nitrogens with zero attached hydrogens (tertiary/aromatic N) is 2. The molecule has 0 radical (unpaired) electrons. The molecule has 9 nitrogen and oxygen atoms in total. The van der Waals surface area contributed by atoms with E-state index in [2.05, 4.69) is 42.3 Å². The molecular weight excluding hydrogens is 482 g/mol. The van der Waals surface area contributed by atoms with Crippen molar-refractivity contribution in [2.24, 2.45) is 5.92 Å². The normalized spacial score (nSPS) is 12.1. The Morgan fingerprint density at radius 1 is 1.32 bits per heavy atom. The smallest absolute Gasteiger partial charge is 0.268 e. The van der Waals surface area contributed by atoms with Gasteiger partial charge in [-0.25, -0.2) is 0 Å². The van der Waals surface area contributed by atoms with Gasteiger partial charge in [0.25, 0.3) is 5.89 Å². The van der Waals surface area contributed by atoms with Crippen LogP contribution in [0.3, 0.4) is 0 Å². The Bertz CT molecular complexity index is 1130. The number of aryl methyl sites for hydroxylation is 1. The average molecular weight is 510 g/mol. The number of carbonyl (C=O) groups excluding carboxylic acids is 1. The molecule has 0 aliphatic rings. The van der Waals surface area contributed by atoms with E-state index in [0.29, 0.717) is 28.9 Å². The summed E-state index contributed by atoms with van der Waals surface area (Å²) in [5, 5.41) is 25.4. The van der Waals surface area contributed by atoms with Gasteiger partial charge in [0.15, 0.2) is 11.5 Å². The molecule has 3 aromatic rings. The SMILES string of the molecule is COc1cc(-c2noc(-c3cc(CC(C)C)c(C)s3)n2)cc(Cl)c1OCC(O)CNC(=O)CO. The van der Waals surface area contributed by atoms with Crippen LogP contribution in [0, 0.1) is 12.8 Å². The van der Waals surface area contributed by atoms with Crippen LogP contribution in [0.2, 0.25) is 5.02 Å². The molecule has 0 spiro atoms. The monoisotopic (exact) mass is 509 g/mol. The van der Waals surface area contributed by atoms with Crippen LogP contribution in [0.4, 0.5) is 0 Å². The van der Waals surface area contributed by atoms with E-state index in [1.54, 1.807) is 23.5 Å². The van der Waals surface area contributed by atoms with Crippen LogP contribution in [0.1, 0.15) is 24.3 Å². The summed E-state index contributed by atoms with van der Waals surface area (Å²) in [5.74, 6) is 1.30. The number of benzene rings is 1. The highest BCUT2D eigenvalue weighted by Gasteiger charge is 2.20. The van der Waals surface area contributed by atoms with Gasteiger partial charge in [0, 0.05) is 17.0 Å². The number of aliphatic hydroxyl groups is 2. The van der Waals surface area contributed by atoms with Crippen LogP contribution in [0.5, 0.6) is 11.5 Å². The highest BCUT2D eigenvalue weighted by molar-refractivity contribution is 7.15. The number of halogens is 1. The van der Waals surface area contributed by atoms with Crippen molar-refractivity contribution in [3.8, 4) is 33.7 Å². The van der Waals surface area contributed by atoms with Gasteiger partial charge in [0.2, 0.25) is 11.7 Å². The van der Waals surface area contributed by atoms with Gasteiger partial charge in [-0.3, -0.25) is 4.79 Å². The minimum absolute atomic E-state index is 0.0792. The topological polar surface area (TPSA) is 127 Å². The van der Waals surface area contributed by atoms with E-state index in [1.807, 2.05) is 0 Å². The minimum Gasteiger partial charge on any atom is -0.493 e. The minimum atomic E-state index is -1.01. The maximum absolute atomic E-state index is 11.1. The molecule has 1 atom stereocenters. The Morgan fingerprint density at radius 3 is 2.76 bits per heavy atom. The van der Waals surface area contributed by atoms with Crippen LogP contribution in [0.15, 0.2) is 22.7 Å². The zero-order valence-electron chi connectivity index (χ0n) is 19.4. The molecule has 184 valence electrons. The van der Waals surface area contributed by atoms with Crippen LogP contribution in [0.25, 0.3) is 22.2 Å². The van der Waals surface area contributed by atoms with Crippen molar-refractivity contribution >= 4 is 28.8 Å². The number of hydrogen-bond donors (Lipinski definition) is 3. The molecular formula is C23H28ClN3O6S. The lowest BCUT2D eigenvalue weighted by atomic mass is 10.0. The molecule has 0 aliphatic heterocycles. The molecule has 34 heavy (non-hydrogen) atoms. The second kappa shape index (κ2) is 11.7. The third kappa shape index (κ3) is 6.47. The number of aliphatic hydroxyl groups excluding tert-OH is 2. The molecule has 11 heteroatoms. The van der Waals surface area contributed by atoms with Crippen molar-refractivity contribution in [1.82, 2.24) is 15.5 Å². The third-order valence-corrected chi connectivity index (χ3v) is 6.23. The zero-order valence-corrected chi connectivity index (χ0v) is 21.0. The van der Waals surface area contributed by atoms with Gasteiger partial charge in [-0.05, 0) is 43.0 Å². The summed E-state index contributed by atoms with van der Waals surface area (Å²) in [4.78, 5) is 17.8. The molecule has 0 saturated carbocycles. The molecule has 3 rings (SSSR count). The average Bonchev–Trinajstić information content (AvgIpc) is 3.43. The summed E-state index contributed by atoms with van der Waals surface area (Å²) in [7, 11) is 1.46. The van der Waals surface area contributed by atoms with Crippen LogP contribution >= 0.6 is 22.9 Å². The molecule has 0 aliphatic carbocycles. The van der Waals surface area contributed by atoms with Crippen molar-refractivity contribution in [2.75, 3.05) is 26.9 Å². The molecule has 1 amide bonds. The first-order valence-electron chi connectivity index (χ1n) is 10.7. The quantitative estimate of drug-likeness (QED) is 0.358. The Hall–Kier alpha value is -2.66. The number of methoxy groups -OCH3 is 1. The van der Waals surface area contributed by atoms with Crippen molar-refractivity contribution in [2.45, 2.75) is 33.3 Å². The largest absolute Gasteiger partial charge is 0.493 e. The standard InChI is InChI=1S/C23H28ClN3O6S/c1-12(2)5-14-8-19(34-13(14)3)23-26-22(27-33-23)15-6-17(24)21(18(7-15)31-4)32-11-16(29)9-25-20(30)10-28/h6-8,12,16,28-29H,5,9-11H2,1-4H3,(H,25,30). The fourth-order valence-corrected chi connectivity index (χ4v) is 4.46. The predicted molar refractivity (Wildman–Crippen MR) is 129 cm³/mol. The maximum atomic E-state index is 11.1. The number of aromatic nitrogens is 2. The molecule has 3 N–H and O–H groups in total. The summed E-state index contributed by atoms with van der Waals surface area (Å²) in [5.41, 5.74) is 1.86. The van der Waals surface area contributed by atoms with Crippen LogP contribution in [-0.4, -0.2) is 59.2 Å². The number of nitrogens with one attached hydrogen (secondary N) is 1. The Balaban J connectivity index is 1.76. The fraction of sp³-hybridized carbons (Fsp3) is 0.435. The molecule has 1 unspecified atom stereocenters. The molecule has 1 aromatic carbocycles. The third-order valence-electron chi connectivity index (χ3n) is 4.87. The highest BCUT2D eigenvalue weighted by atomic mass is 35.5. The molecule has 2 aromatic heterocycles. The Labute approximate surface area is 206 Å². The van der Waals surface area contributed by atoms with E-state index in [-0.39, 0.29) is 23.9 Å². The lowest BCUT2D eigenvalue weighted by molar-refractivity contribution is -0.124. The first-order valence-corrected chi connectivity index (χ1v) is 11.9. The second-order valence-electron chi connectivity index (χ2n) is 8.13. The number of rotatable bonds is 11. The van der Waals surface area contributed by atoms with Gasteiger partial charge in [0.1, 0.15) is 19.3 Å².